The molecule has 3 aromatic carbocycles. The lowest BCUT2D eigenvalue weighted by molar-refractivity contribution is -0.125. The molecule has 3 N–H and O–H groups in total. The van der Waals surface area contributed by atoms with E-state index in [0.717, 1.165) is 18.2 Å². The molecule has 2 heterocycles. The zero-order valence-corrected chi connectivity index (χ0v) is 30.1. The number of phenols is 2. The van der Waals surface area contributed by atoms with Crippen LogP contribution in [0.4, 0.5) is 33.3 Å². The average molecular weight is 893 g/mol. The highest BCUT2D eigenvalue weighted by Crippen LogP contribution is 2.66. The second-order valence-corrected chi connectivity index (χ2v) is 15.2. The van der Waals surface area contributed by atoms with Crippen LogP contribution in [0.1, 0.15) is 34.7 Å². The number of ether oxygens (including phenoxy) is 1. The summed E-state index contributed by atoms with van der Waals surface area (Å²) in [6, 6.07) is 5.53. The van der Waals surface area contributed by atoms with E-state index in [4.69, 9.17) is 27.9 Å². The maximum Gasteiger partial charge on any atom is 0.339 e. The largest absolute Gasteiger partial charge is 0.507 e. The molecule has 6 atom stereocenters. The van der Waals surface area contributed by atoms with E-state index in [1.54, 1.807) is 22.6 Å². The summed E-state index contributed by atoms with van der Waals surface area (Å²) in [7, 11) is 1.19. The molecule has 11 nitrogen and oxygen atoms in total. The van der Waals surface area contributed by atoms with Crippen LogP contribution in [0.5, 0.6) is 17.2 Å². The van der Waals surface area contributed by atoms with Crippen molar-refractivity contribution in [2.24, 2.45) is 17.8 Å². The molecular formula is C34H20Cl2F5IN2O9. The van der Waals surface area contributed by atoms with E-state index < -0.39 is 116 Å². The molecule has 2 aliphatic heterocycles. The minimum absolute atomic E-state index is 0.0155. The second kappa shape index (κ2) is 12.3. The Bertz CT molecular complexity index is 2270. The molecule has 3 fully saturated rings. The topological polar surface area (TPSA) is 162 Å². The molecule has 0 aromatic heterocycles. The summed E-state index contributed by atoms with van der Waals surface area (Å²) < 4.78 is 78.9. The standard InChI is InChI=1S/C34H20Cl2F5IN2O9/c1-53-18-7-10(6-16(42)27(18)46)20-12-4-5-14-19(29(48)43(28(14)47)11-2-3-13(30(49)50)17(45)8-11)15(12)9-33(35)31(51)44(32(52)34(20,33)36)26-24(40)22(38)21(37)23(39)25(26)41/h2-4,6-8,14-15,19-20,45-46H,5,9H2,1H3,(H,49,50)/t14-,15+,19-,20-,33+,34-/m0/s1. The van der Waals surface area contributed by atoms with Crippen molar-refractivity contribution in [3.8, 4) is 17.2 Å². The van der Waals surface area contributed by atoms with Crippen molar-refractivity contribution in [2.75, 3.05) is 16.9 Å². The Morgan fingerprint density at radius 3 is 2.09 bits per heavy atom. The van der Waals surface area contributed by atoms with Gasteiger partial charge in [-0.1, -0.05) is 11.6 Å². The van der Waals surface area contributed by atoms with Gasteiger partial charge in [0.15, 0.2) is 44.5 Å². The zero-order valence-electron chi connectivity index (χ0n) is 26.4. The van der Waals surface area contributed by atoms with E-state index in [9.17, 15) is 52.5 Å². The number of phenolic OH excluding ortho intramolecular Hbond substituents is 1. The highest BCUT2D eigenvalue weighted by molar-refractivity contribution is 14.1. The fraction of sp³-hybridized carbons (Fsp3) is 0.265. The third kappa shape index (κ3) is 4.78. The Kier molecular flexibility index (Phi) is 8.53. The molecule has 7 rings (SSSR count). The van der Waals surface area contributed by atoms with Crippen LogP contribution in [0.3, 0.4) is 0 Å². The number of amides is 4. The van der Waals surface area contributed by atoms with Crippen LogP contribution in [0.25, 0.3) is 0 Å². The van der Waals surface area contributed by atoms with Crippen molar-refractivity contribution >= 4 is 86.8 Å². The highest BCUT2D eigenvalue weighted by Gasteiger charge is 2.77. The molecule has 276 valence electrons. The number of imide groups is 2. The summed E-state index contributed by atoms with van der Waals surface area (Å²) in [6.07, 6.45) is 0.535. The number of carboxylic acids is 1. The number of halogens is 8. The highest BCUT2D eigenvalue weighted by atomic mass is 127. The first kappa shape index (κ1) is 36.9. The SMILES string of the molecule is COc1cc([C@H]2C3=CC[C@@H]4C(=O)N(c5ccc(C(=O)O)c(O)c5)C(=O)[C@@H]4[C@@H]3C[C@@]3(Cl)C(=O)N(c4c(F)c(F)c(F)c(F)c4F)C(=O)[C@@]23Cl)cc(I)c1O. The predicted octanol–water partition coefficient (Wildman–Crippen LogP) is 5.87. The number of fused-ring (bicyclic) bond motifs is 4. The van der Waals surface area contributed by atoms with Gasteiger partial charge in [0.25, 0.3) is 11.8 Å². The Hall–Kier alpha value is -4.49. The Morgan fingerprint density at radius 1 is 0.887 bits per heavy atom. The quantitative estimate of drug-likeness (QED) is 0.0541. The molecule has 4 amide bonds. The van der Waals surface area contributed by atoms with Gasteiger partial charge < -0.3 is 20.1 Å². The maximum absolute atomic E-state index is 15.3. The molecule has 0 bridgehead atoms. The second-order valence-electron chi connectivity index (χ2n) is 12.8. The zero-order chi connectivity index (χ0) is 38.8. The number of anilines is 2. The first-order chi connectivity index (χ1) is 24.8. The number of hydrogen-bond acceptors (Lipinski definition) is 8. The molecule has 19 heteroatoms. The van der Waals surface area contributed by atoms with Gasteiger partial charge in [-0.15, -0.1) is 23.2 Å². The first-order valence-corrected chi connectivity index (χ1v) is 17.2. The molecular weight excluding hydrogens is 873 g/mol. The Morgan fingerprint density at radius 2 is 1.51 bits per heavy atom. The van der Waals surface area contributed by atoms with Crippen LogP contribution in [-0.2, 0) is 19.2 Å². The van der Waals surface area contributed by atoms with Crippen molar-refractivity contribution in [1.29, 1.82) is 0 Å². The Balaban J connectivity index is 1.43. The average Bonchev–Trinajstić information content (AvgIpc) is 3.45. The predicted molar refractivity (Wildman–Crippen MR) is 181 cm³/mol. The fourth-order valence-corrected chi connectivity index (χ4v) is 9.51. The van der Waals surface area contributed by atoms with Crippen molar-refractivity contribution in [3.63, 3.8) is 0 Å². The van der Waals surface area contributed by atoms with Crippen LogP contribution in [0, 0.1) is 50.4 Å². The van der Waals surface area contributed by atoms with E-state index in [2.05, 4.69) is 0 Å². The minimum atomic E-state index is -2.80. The summed E-state index contributed by atoms with van der Waals surface area (Å²) in [4.78, 5) is 63.1. The van der Waals surface area contributed by atoms with Crippen LogP contribution in [0.15, 0.2) is 42.0 Å². The lowest BCUT2D eigenvalue weighted by Gasteiger charge is -2.50. The number of rotatable bonds is 5. The van der Waals surface area contributed by atoms with Crippen LogP contribution in [0.2, 0.25) is 0 Å². The number of nitrogens with zero attached hydrogens (tertiary/aromatic N) is 2. The molecule has 2 aliphatic carbocycles. The van der Waals surface area contributed by atoms with E-state index in [-0.39, 0.29) is 43.2 Å². The summed E-state index contributed by atoms with van der Waals surface area (Å²) in [6.45, 7) is 0. The molecule has 4 aliphatic rings. The van der Waals surface area contributed by atoms with Crippen LogP contribution in [-0.4, -0.2) is 61.8 Å². The smallest absolute Gasteiger partial charge is 0.339 e. The number of aromatic carboxylic acids is 1. The molecule has 1 saturated carbocycles. The monoisotopic (exact) mass is 892 g/mol. The summed E-state index contributed by atoms with van der Waals surface area (Å²) in [5.41, 5.74) is -2.48. The molecule has 3 aromatic rings. The third-order valence-corrected chi connectivity index (χ3v) is 12.5. The molecule has 0 spiro atoms. The van der Waals surface area contributed by atoms with Crippen molar-refractivity contribution < 1.29 is 66.0 Å². The van der Waals surface area contributed by atoms with Crippen molar-refractivity contribution in [2.45, 2.75) is 28.5 Å². The van der Waals surface area contributed by atoms with Crippen LogP contribution >= 0.6 is 45.8 Å². The van der Waals surface area contributed by atoms with Gasteiger partial charge in [-0.05, 0) is 71.2 Å². The molecule has 0 unspecified atom stereocenters. The summed E-state index contributed by atoms with van der Waals surface area (Å²) in [5.74, 6) is -25.7. The number of carboxylic acid groups (broad SMARTS) is 1. The van der Waals surface area contributed by atoms with E-state index in [1.165, 1.54) is 25.3 Å². The van der Waals surface area contributed by atoms with Gasteiger partial charge in [-0.25, -0.2) is 36.5 Å². The van der Waals surface area contributed by atoms with Gasteiger partial charge in [0.1, 0.15) is 17.0 Å². The maximum atomic E-state index is 15.3. The number of alkyl halides is 2. The van der Waals surface area contributed by atoms with Gasteiger partial charge >= 0.3 is 5.97 Å². The number of aromatic hydroxyl groups is 2. The van der Waals surface area contributed by atoms with Gasteiger partial charge in [0.05, 0.1) is 28.2 Å². The first-order valence-electron chi connectivity index (χ1n) is 15.3. The molecule has 0 radical (unpaired) electrons. The minimum Gasteiger partial charge on any atom is -0.507 e. The van der Waals surface area contributed by atoms with E-state index >= 15 is 8.78 Å². The number of methoxy groups -OCH3 is 1. The van der Waals surface area contributed by atoms with Crippen molar-refractivity contribution in [1.82, 2.24) is 0 Å². The van der Waals surface area contributed by atoms with E-state index in [1.807, 2.05) is 0 Å². The van der Waals surface area contributed by atoms with Gasteiger partial charge in [-0.3, -0.25) is 19.2 Å². The van der Waals surface area contributed by atoms with Crippen molar-refractivity contribution in [3.05, 3.63) is 85.8 Å². The summed E-state index contributed by atoms with van der Waals surface area (Å²) in [5, 5.41) is 30.2. The third-order valence-electron chi connectivity index (χ3n) is 10.3. The number of carbonyl (C=O) groups excluding carboxylic acids is 4. The van der Waals surface area contributed by atoms with Gasteiger partial charge in [0, 0.05) is 12.0 Å². The lowest BCUT2D eigenvalue weighted by atomic mass is 9.56. The number of hydrogen-bond donors (Lipinski definition) is 3. The van der Waals surface area contributed by atoms with Gasteiger partial charge in [-0.2, -0.15) is 0 Å². The number of allylic oxidation sites excluding steroid dienone is 2. The summed E-state index contributed by atoms with van der Waals surface area (Å²) >= 11 is 16.0. The lowest BCUT2D eigenvalue weighted by Crippen LogP contribution is -2.60. The van der Waals surface area contributed by atoms with E-state index in [0.29, 0.717) is 4.90 Å². The molecule has 53 heavy (non-hydrogen) atoms. The van der Waals surface area contributed by atoms with Gasteiger partial charge in [0.2, 0.25) is 17.6 Å². The number of carbonyl (C=O) groups is 5. The Labute approximate surface area is 317 Å². The molecule has 2 saturated heterocycles. The fourth-order valence-electron chi connectivity index (χ4n) is 7.95. The van der Waals surface area contributed by atoms with Crippen LogP contribution < -0.4 is 14.5 Å². The normalized spacial score (nSPS) is 27.8. The number of benzene rings is 3.